The largest absolute Gasteiger partial charge is 0.342 e. The topological polar surface area (TPSA) is 45.2 Å². The number of likely N-dealkylation sites (N-methyl/N-ethyl adjacent to an activating group) is 1. The molecule has 0 aliphatic rings. The molecule has 0 aliphatic heterocycles. The fourth-order valence-electron chi connectivity index (χ4n) is 2.60. The molecule has 0 radical (unpaired) electrons. The van der Waals surface area contributed by atoms with Crippen LogP contribution in [0.2, 0.25) is 0 Å². The molecule has 0 saturated heterocycles. The van der Waals surface area contributed by atoms with E-state index < -0.39 is 0 Å². The Morgan fingerprint density at radius 3 is 2.60 bits per heavy atom. The Morgan fingerprint density at radius 1 is 1.12 bits per heavy atom. The molecule has 0 atom stereocenters. The second kappa shape index (κ2) is 7.94. The molecule has 1 N–H and O–H groups in total. The molecule has 128 valence electrons. The maximum atomic E-state index is 12.4. The number of rotatable bonds is 6. The Balaban J connectivity index is 1.65. The first-order chi connectivity index (χ1) is 12.2. The lowest BCUT2D eigenvalue weighted by Gasteiger charge is -2.16. The van der Waals surface area contributed by atoms with Crippen molar-refractivity contribution in [1.29, 1.82) is 0 Å². The molecule has 0 fully saturated rings. The van der Waals surface area contributed by atoms with Gasteiger partial charge in [-0.3, -0.25) is 4.79 Å². The van der Waals surface area contributed by atoms with Crippen LogP contribution in [0, 0.1) is 0 Å². The SMILES string of the molecule is CCc1ccccc1NC(=O)CN(C)c1nc(-c2ccccc2)cs1. The molecule has 3 aromatic rings. The third-order valence-corrected chi connectivity index (χ3v) is 4.90. The van der Waals surface area contributed by atoms with Crippen LogP contribution in [-0.2, 0) is 11.2 Å². The van der Waals surface area contributed by atoms with Crippen molar-refractivity contribution in [1.82, 2.24) is 4.98 Å². The number of nitrogens with one attached hydrogen (secondary N) is 1. The van der Waals surface area contributed by atoms with Crippen LogP contribution < -0.4 is 10.2 Å². The summed E-state index contributed by atoms with van der Waals surface area (Å²) >= 11 is 1.54. The summed E-state index contributed by atoms with van der Waals surface area (Å²) in [6.45, 7) is 2.34. The fourth-order valence-corrected chi connectivity index (χ4v) is 3.41. The quantitative estimate of drug-likeness (QED) is 0.714. The molecule has 25 heavy (non-hydrogen) atoms. The molecule has 0 spiro atoms. The van der Waals surface area contributed by atoms with E-state index in [2.05, 4.69) is 17.2 Å². The Bertz CT molecular complexity index is 845. The second-order valence-corrected chi connectivity index (χ2v) is 6.63. The zero-order valence-electron chi connectivity index (χ0n) is 14.4. The zero-order chi connectivity index (χ0) is 17.6. The Morgan fingerprint density at radius 2 is 1.84 bits per heavy atom. The first kappa shape index (κ1) is 17.2. The van der Waals surface area contributed by atoms with E-state index in [1.807, 2.05) is 71.9 Å². The summed E-state index contributed by atoms with van der Waals surface area (Å²) in [4.78, 5) is 18.9. The maximum Gasteiger partial charge on any atom is 0.243 e. The van der Waals surface area contributed by atoms with Crippen molar-refractivity contribution >= 4 is 28.1 Å². The first-order valence-electron chi connectivity index (χ1n) is 8.27. The highest BCUT2D eigenvalue weighted by atomic mass is 32.1. The van der Waals surface area contributed by atoms with Crippen LogP contribution in [0.4, 0.5) is 10.8 Å². The molecule has 0 bridgehead atoms. The van der Waals surface area contributed by atoms with Gasteiger partial charge >= 0.3 is 0 Å². The van der Waals surface area contributed by atoms with Crippen LogP contribution in [0.3, 0.4) is 0 Å². The van der Waals surface area contributed by atoms with Crippen molar-refractivity contribution in [2.45, 2.75) is 13.3 Å². The van der Waals surface area contributed by atoms with E-state index in [9.17, 15) is 4.79 Å². The summed E-state index contributed by atoms with van der Waals surface area (Å²) in [6.07, 6.45) is 0.888. The number of benzene rings is 2. The first-order valence-corrected chi connectivity index (χ1v) is 9.15. The maximum absolute atomic E-state index is 12.4. The highest BCUT2D eigenvalue weighted by Gasteiger charge is 2.13. The van der Waals surface area contributed by atoms with Gasteiger partial charge in [0.15, 0.2) is 5.13 Å². The van der Waals surface area contributed by atoms with Gasteiger partial charge < -0.3 is 10.2 Å². The van der Waals surface area contributed by atoms with E-state index in [4.69, 9.17) is 0 Å². The minimum absolute atomic E-state index is 0.0418. The van der Waals surface area contributed by atoms with Crippen molar-refractivity contribution in [3.05, 3.63) is 65.5 Å². The Kier molecular flexibility index (Phi) is 5.46. The number of carbonyl (C=O) groups excluding carboxylic acids is 1. The van der Waals surface area contributed by atoms with Gasteiger partial charge in [0.05, 0.1) is 12.2 Å². The number of carbonyl (C=O) groups is 1. The van der Waals surface area contributed by atoms with Crippen molar-refractivity contribution in [2.75, 3.05) is 23.8 Å². The van der Waals surface area contributed by atoms with Crippen LogP contribution >= 0.6 is 11.3 Å². The van der Waals surface area contributed by atoms with Crippen LogP contribution in [0.1, 0.15) is 12.5 Å². The summed E-state index contributed by atoms with van der Waals surface area (Å²) < 4.78 is 0. The van der Waals surface area contributed by atoms with E-state index in [0.717, 1.165) is 34.1 Å². The molecule has 0 aliphatic carbocycles. The molecule has 3 rings (SSSR count). The lowest BCUT2D eigenvalue weighted by atomic mass is 10.1. The lowest BCUT2D eigenvalue weighted by molar-refractivity contribution is -0.114. The number of hydrogen-bond donors (Lipinski definition) is 1. The van der Waals surface area contributed by atoms with Gasteiger partial charge in [-0.1, -0.05) is 55.5 Å². The highest BCUT2D eigenvalue weighted by molar-refractivity contribution is 7.14. The predicted octanol–water partition coefficient (Wildman–Crippen LogP) is 4.45. The number of aryl methyl sites for hydroxylation is 1. The zero-order valence-corrected chi connectivity index (χ0v) is 15.2. The molecule has 0 unspecified atom stereocenters. The van der Waals surface area contributed by atoms with Gasteiger partial charge in [0.2, 0.25) is 5.91 Å². The molecule has 1 aromatic heterocycles. The molecule has 5 heteroatoms. The van der Waals surface area contributed by atoms with Crippen LogP contribution in [0.5, 0.6) is 0 Å². The number of aromatic nitrogens is 1. The van der Waals surface area contributed by atoms with Gasteiger partial charge in [-0.25, -0.2) is 4.98 Å². The van der Waals surface area contributed by atoms with Gasteiger partial charge in [-0.05, 0) is 18.1 Å². The average Bonchev–Trinajstić information content (AvgIpc) is 3.13. The lowest BCUT2D eigenvalue weighted by Crippen LogP contribution is -2.30. The van der Waals surface area contributed by atoms with Gasteiger partial charge in [-0.2, -0.15) is 0 Å². The van der Waals surface area contributed by atoms with Gasteiger partial charge in [0.25, 0.3) is 0 Å². The average molecular weight is 351 g/mol. The number of hydrogen-bond acceptors (Lipinski definition) is 4. The smallest absolute Gasteiger partial charge is 0.243 e. The summed E-state index contributed by atoms with van der Waals surface area (Å²) in [6, 6.07) is 17.9. The van der Waals surface area contributed by atoms with E-state index in [-0.39, 0.29) is 12.5 Å². The van der Waals surface area contributed by atoms with Crippen molar-refractivity contribution in [3.8, 4) is 11.3 Å². The number of anilines is 2. The van der Waals surface area contributed by atoms with Gasteiger partial charge in [-0.15, -0.1) is 11.3 Å². The predicted molar refractivity (Wildman–Crippen MR) is 105 cm³/mol. The summed E-state index contributed by atoms with van der Waals surface area (Å²) in [5, 5.41) is 5.85. The number of thiazole rings is 1. The van der Waals surface area contributed by atoms with Crippen molar-refractivity contribution in [2.24, 2.45) is 0 Å². The molecule has 2 aromatic carbocycles. The van der Waals surface area contributed by atoms with Crippen LogP contribution in [-0.4, -0.2) is 24.5 Å². The van der Waals surface area contributed by atoms with Crippen LogP contribution in [0.25, 0.3) is 11.3 Å². The van der Waals surface area contributed by atoms with Crippen molar-refractivity contribution in [3.63, 3.8) is 0 Å². The summed E-state index contributed by atoms with van der Waals surface area (Å²) in [7, 11) is 1.89. The Hall–Kier alpha value is -2.66. The van der Waals surface area contributed by atoms with Crippen LogP contribution in [0.15, 0.2) is 60.0 Å². The van der Waals surface area contributed by atoms with E-state index in [1.54, 1.807) is 11.3 Å². The van der Waals surface area contributed by atoms with E-state index in [1.165, 1.54) is 0 Å². The minimum atomic E-state index is -0.0418. The monoisotopic (exact) mass is 351 g/mol. The Labute approximate surface area is 152 Å². The molecular weight excluding hydrogens is 330 g/mol. The normalized spacial score (nSPS) is 10.5. The summed E-state index contributed by atoms with van der Waals surface area (Å²) in [5.74, 6) is -0.0418. The second-order valence-electron chi connectivity index (χ2n) is 5.80. The highest BCUT2D eigenvalue weighted by Crippen LogP contribution is 2.26. The third kappa shape index (κ3) is 4.25. The van der Waals surface area contributed by atoms with Crippen molar-refractivity contribution < 1.29 is 4.79 Å². The minimum Gasteiger partial charge on any atom is -0.342 e. The standard InChI is InChI=1S/C20H21N3OS/c1-3-15-9-7-8-12-17(15)21-19(24)13-23(2)20-22-18(14-25-20)16-10-5-4-6-11-16/h4-12,14H,3,13H2,1-2H3,(H,21,24). The van der Waals surface area contributed by atoms with Gasteiger partial charge in [0.1, 0.15) is 0 Å². The molecular formula is C20H21N3OS. The third-order valence-electron chi connectivity index (χ3n) is 3.94. The summed E-state index contributed by atoms with van der Waals surface area (Å²) in [5.41, 5.74) is 4.04. The van der Waals surface area contributed by atoms with E-state index >= 15 is 0 Å². The van der Waals surface area contributed by atoms with Gasteiger partial charge in [0, 0.05) is 23.7 Å². The number of para-hydroxylation sites is 1. The molecule has 0 saturated carbocycles. The fraction of sp³-hybridized carbons (Fsp3) is 0.200. The molecule has 1 amide bonds. The number of amides is 1. The molecule has 1 heterocycles. The van der Waals surface area contributed by atoms with E-state index in [0.29, 0.717) is 0 Å². The number of nitrogens with zero attached hydrogens (tertiary/aromatic N) is 2. The molecule has 4 nitrogen and oxygen atoms in total.